The van der Waals surface area contributed by atoms with Crippen LogP contribution in [0.2, 0.25) is 0 Å². The van der Waals surface area contributed by atoms with E-state index in [1.54, 1.807) is 12.6 Å². The van der Waals surface area contributed by atoms with Gasteiger partial charge in [0.1, 0.15) is 0 Å². The second-order valence-electron chi connectivity index (χ2n) is 5.06. The van der Waals surface area contributed by atoms with E-state index in [1.807, 2.05) is 6.92 Å². The van der Waals surface area contributed by atoms with Crippen LogP contribution < -0.4 is 16.0 Å². The van der Waals surface area contributed by atoms with Gasteiger partial charge < -0.3 is 16.0 Å². The van der Waals surface area contributed by atoms with E-state index in [1.165, 1.54) is 25.7 Å². The molecule has 0 saturated heterocycles. The van der Waals surface area contributed by atoms with E-state index in [0.29, 0.717) is 5.96 Å². The van der Waals surface area contributed by atoms with Crippen molar-refractivity contribution in [2.75, 3.05) is 26.7 Å². The van der Waals surface area contributed by atoms with Gasteiger partial charge in [-0.3, -0.25) is 9.79 Å². The van der Waals surface area contributed by atoms with E-state index in [2.05, 4.69) is 27.0 Å². The highest BCUT2D eigenvalue weighted by Gasteiger charge is 2.05. The molecule has 0 heterocycles. The van der Waals surface area contributed by atoms with Crippen LogP contribution in [-0.2, 0) is 4.79 Å². The van der Waals surface area contributed by atoms with E-state index < -0.39 is 0 Å². The van der Waals surface area contributed by atoms with Crippen LogP contribution in [0.25, 0.3) is 0 Å². The first kappa shape index (κ1) is 16.5. The first-order valence-electron chi connectivity index (χ1n) is 7.65. The number of aliphatic imine (C=N–C) groups is 1. The molecule has 114 valence electrons. The van der Waals surface area contributed by atoms with E-state index in [0.717, 1.165) is 25.9 Å². The van der Waals surface area contributed by atoms with Crippen molar-refractivity contribution in [3.63, 3.8) is 0 Å². The van der Waals surface area contributed by atoms with Gasteiger partial charge >= 0.3 is 0 Å². The zero-order valence-electron chi connectivity index (χ0n) is 12.8. The molecular formula is C15H28N4O. The fourth-order valence-electron chi connectivity index (χ4n) is 2.18. The van der Waals surface area contributed by atoms with Crippen molar-refractivity contribution in [1.29, 1.82) is 0 Å². The minimum absolute atomic E-state index is 0.00443. The van der Waals surface area contributed by atoms with E-state index in [-0.39, 0.29) is 12.5 Å². The summed E-state index contributed by atoms with van der Waals surface area (Å²) in [7, 11) is 1.72. The van der Waals surface area contributed by atoms with Crippen LogP contribution in [0.15, 0.2) is 16.6 Å². The molecule has 20 heavy (non-hydrogen) atoms. The van der Waals surface area contributed by atoms with Gasteiger partial charge in [0.2, 0.25) is 5.91 Å². The largest absolute Gasteiger partial charge is 0.356 e. The number of nitrogens with one attached hydrogen (secondary N) is 3. The Balaban J connectivity index is 2.16. The number of rotatable bonds is 7. The molecular weight excluding hydrogens is 252 g/mol. The Morgan fingerprint density at radius 1 is 1.25 bits per heavy atom. The molecule has 0 bridgehead atoms. The van der Waals surface area contributed by atoms with Crippen molar-refractivity contribution in [2.45, 2.75) is 45.4 Å². The first-order chi connectivity index (χ1) is 9.76. The standard InChI is InChI=1S/C15H28N4O/c1-3-10-17-14(20)12-19-15(16-2)18-11-9-13-7-5-4-6-8-13/h7H,3-6,8-12H2,1-2H3,(H,17,20)(H2,16,18,19). The monoisotopic (exact) mass is 280 g/mol. The highest BCUT2D eigenvalue weighted by Crippen LogP contribution is 2.19. The molecule has 5 heteroatoms. The number of carbonyl (C=O) groups excluding carboxylic acids is 1. The molecule has 1 amide bonds. The Morgan fingerprint density at radius 2 is 2.10 bits per heavy atom. The summed E-state index contributed by atoms with van der Waals surface area (Å²) in [4.78, 5) is 15.6. The van der Waals surface area contributed by atoms with Crippen LogP contribution in [0, 0.1) is 0 Å². The maximum absolute atomic E-state index is 11.5. The van der Waals surface area contributed by atoms with Gasteiger partial charge in [0, 0.05) is 20.1 Å². The zero-order chi connectivity index (χ0) is 14.6. The lowest BCUT2D eigenvalue weighted by molar-refractivity contribution is -0.120. The van der Waals surface area contributed by atoms with Crippen LogP contribution in [0.1, 0.15) is 45.4 Å². The Kier molecular flexibility index (Phi) is 8.51. The average Bonchev–Trinajstić information content (AvgIpc) is 2.49. The number of allylic oxidation sites excluding steroid dienone is 1. The molecule has 1 aliphatic rings. The number of amides is 1. The topological polar surface area (TPSA) is 65.5 Å². The Bertz CT molecular complexity index is 350. The number of hydrogen-bond acceptors (Lipinski definition) is 2. The quantitative estimate of drug-likeness (QED) is 0.377. The van der Waals surface area contributed by atoms with Crippen LogP contribution in [0.4, 0.5) is 0 Å². The number of carbonyl (C=O) groups is 1. The van der Waals surface area contributed by atoms with E-state index in [9.17, 15) is 4.79 Å². The molecule has 1 aliphatic carbocycles. The molecule has 0 aliphatic heterocycles. The van der Waals surface area contributed by atoms with Crippen molar-refractivity contribution in [3.05, 3.63) is 11.6 Å². The Labute approximate surface area is 122 Å². The molecule has 0 aromatic heterocycles. The van der Waals surface area contributed by atoms with Gasteiger partial charge in [-0.15, -0.1) is 0 Å². The first-order valence-corrected chi connectivity index (χ1v) is 7.65. The van der Waals surface area contributed by atoms with E-state index in [4.69, 9.17) is 0 Å². The fraction of sp³-hybridized carbons (Fsp3) is 0.733. The maximum atomic E-state index is 11.5. The summed E-state index contributed by atoms with van der Waals surface area (Å²) in [6.07, 6.45) is 9.46. The number of guanidine groups is 1. The second-order valence-corrected chi connectivity index (χ2v) is 5.06. The predicted octanol–water partition coefficient (Wildman–Crippen LogP) is 1.57. The molecule has 0 atom stereocenters. The van der Waals surface area contributed by atoms with Gasteiger partial charge in [0.25, 0.3) is 0 Å². The number of nitrogens with zero attached hydrogens (tertiary/aromatic N) is 1. The maximum Gasteiger partial charge on any atom is 0.239 e. The van der Waals surface area contributed by atoms with Crippen LogP contribution in [0.3, 0.4) is 0 Å². The summed E-state index contributed by atoms with van der Waals surface area (Å²) < 4.78 is 0. The molecule has 5 nitrogen and oxygen atoms in total. The van der Waals surface area contributed by atoms with Crippen molar-refractivity contribution >= 4 is 11.9 Å². The Hall–Kier alpha value is -1.52. The molecule has 0 saturated carbocycles. The summed E-state index contributed by atoms with van der Waals surface area (Å²) in [6, 6.07) is 0. The van der Waals surface area contributed by atoms with Gasteiger partial charge in [-0.1, -0.05) is 18.6 Å². The molecule has 0 unspecified atom stereocenters. The summed E-state index contributed by atoms with van der Waals surface area (Å²) >= 11 is 0. The van der Waals surface area contributed by atoms with Crippen LogP contribution in [0.5, 0.6) is 0 Å². The molecule has 0 fully saturated rings. The Morgan fingerprint density at radius 3 is 2.75 bits per heavy atom. The van der Waals surface area contributed by atoms with Crippen molar-refractivity contribution in [1.82, 2.24) is 16.0 Å². The molecule has 0 aromatic rings. The summed E-state index contributed by atoms with van der Waals surface area (Å²) in [5, 5.41) is 9.10. The van der Waals surface area contributed by atoms with Gasteiger partial charge in [0.15, 0.2) is 5.96 Å². The smallest absolute Gasteiger partial charge is 0.239 e. The third-order valence-electron chi connectivity index (χ3n) is 3.34. The third-order valence-corrected chi connectivity index (χ3v) is 3.34. The summed E-state index contributed by atoms with van der Waals surface area (Å²) in [5.74, 6) is 0.692. The van der Waals surface area contributed by atoms with Crippen molar-refractivity contribution in [2.24, 2.45) is 4.99 Å². The van der Waals surface area contributed by atoms with Crippen LogP contribution >= 0.6 is 0 Å². The molecule has 0 aromatic carbocycles. The van der Waals surface area contributed by atoms with E-state index >= 15 is 0 Å². The predicted molar refractivity (Wildman–Crippen MR) is 83.8 cm³/mol. The average molecular weight is 280 g/mol. The highest BCUT2D eigenvalue weighted by molar-refractivity contribution is 5.86. The normalized spacial score (nSPS) is 15.5. The fourth-order valence-corrected chi connectivity index (χ4v) is 2.18. The lowest BCUT2D eigenvalue weighted by atomic mass is 9.97. The van der Waals surface area contributed by atoms with Crippen LogP contribution in [-0.4, -0.2) is 38.5 Å². The molecule has 0 radical (unpaired) electrons. The van der Waals surface area contributed by atoms with Gasteiger partial charge in [0.05, 0.1) is 6.54 Å². The lowest BCUT2D eigenvalue weighted by Gasteiger charge is -2.15. The lowest BCUT2D eigenvalue weighted by Crippen LogP contribution is -2.43. The zero-order valence-corrected chi connectivity index (χ0v) is 12.8. The third kappa shape index (κ3) is 7.16. The second kappa shape index (κ2) is 10.3. The van der Waals surface area contributed by atoms with Crippen molar-refractivity contribution in [3.8, 4) is 0 Å². The SMILES string of the molecule is CCCNC(=O)CNC(=NC)NCCC1=CCCCC1. The van der Waals surface area contributed by atoms with Gasteiger partial charge in [-0.25, -0.2) is 0 Å². The minimum atomic E-state index is 0.00443. The van der Waals surface area contributed by atoms with Crippen molar-refractivity contribution < 1.29 is 4.79 Å². The molecule has 0 spiro atoms. The molecule has 1 rings (SSSR count). The van der Waals surface area contributed by atoms with Gasteiger partial charge in [-0.2, -0.15) is 0 Å². The summed E-state index contributed by atoms with van der Waals surface area (Å²) in [6.45, 7) is 3.89. The minimum Gasteiger partial charge on any atom is -0.356 e. The number of hydrogen-bond donors (Lipinski definition) is 3. The van der Waals surface area contributed by atoms with Gasteiger partial charge in [-0.05, 0) is 38.5 Å². The molecule has 3 N–H and O–H groups in total. The highest BCUT2D eigenvalue weighted by atomic mass is 16.1. The summed E-state index contributed by atoms with van der Waals surface area (Å²) in [5.41, 5.74) is 1.54.